The van der Waals surface area contributed by atoms with Crippen molar-refractivity contribution in [2.75, 3.05) is 6.54 Å². The van der Waals surface area contributed by atoms with Crippen LogP contribution in [0.5, 0.6) is 0 Å². The fourth-order valence-corrected chi connectivity index (χ4v) is 4.48. The van der Waals surface area contributed by atoms with Crippen LogP contribution in [0, 0.1) is 0 Å². The van der Waals surface area contributed by atoms with Gasteiger partial charge in [0, 0.05) is 36.9 Å². The van der Waals surface area contributed by atoms with Crippen LogP contribution in [0.25, 0.3) is 0 Å². The highest BCUT2D eigenvalue weighted by Crippen LogP contribution is 2.29. The zero-order chi connectivity index (χ0) is 13.0. The van der Waals surface area contributed by atoms with Crippen molar-refractivity contribution >= 4 is 38.6 Å². The van der Waals surface area contributed by atoms with Gasteiger partial charge in [-0.15, -0.1) is 22.7 Å². The van der Waals surface area contributed by atoms with E-state index in [4.69, 9.17) is 0 Å². The van der Waals surface area contributed by atoms with Crippen LogP contribution in [0.2, 0.25) is 0 Å². The molecule has 1 nitrogen and oxygen atoms in total. The predicted octanol–water partition coefficient (Wildman–Crippen LogP) is 5.03. The van der Waals surface area contributed by atoms with E-state index in [0.717, 1.165) is 19.4 Å². The highest BCUT2D eigenvalue weighted by molar-refractivity contribution is 9.10. The van der Waals surface area contributed by atoms with Crippen LogP contribution in [0.3, 0.4) is 0 Å². The number of halogens is 1. The number of nitrogens with one attached hydrogen (secondary N) is 1. The Labute approximate surface area is 125 Å². The summed E-state index contributed by atoms with van der Waals surface area (Å²) in [7, 11) is 0. The molecule has 0 amide bonds. The van der Waals surface area contributed by atoms with Crippen LogP contribution >= 0.6 is 38.6 Å². The molecule has 0 aromatic carbocycles. The quantitative estimate of drug-likeness (QED) is 0.775. The molecular formula is C14H18BrNS2. The first kappa shape index (κ1) is 14.3. The second-order valence-electron chi connectivity index (χ2n) is 4.20. The summed E-state index contributed by atoms with van der Waals surface area (Å²) in [6.07, 6.45) is 2.21. The van der Waals surface area contributed by atoms with Crippen molar-refractivity contribution in [3.05, 3.63) is 42.7 Å². The van der Waals surface area contributed by atoms with Crippen LogP contribution in [0.4, 0.5) is 0 Å². The zero-order valence-electron chi connectivity index (χ0n) is 10.7. The Morgan fingerprint density at radius 2 is 2.11 bits per heavy atom. The molecule has 0 aliphatic heterocycles. The Morgan fingerprint density at radius 1 is 1.28 bits per heavy atom. The van der Waals surface area contributed by atoms with E-state index < -0.39 is 0 Å². The van der Waals surface area contributed by atoms with E-state index in [1.807, 2.05) is 22.7 Å². The van der Waals surface area contributed by atoms with Crippen molar-refractivity contribution < 1.29 is 0 Å². The molecule has 4 heteroatoms. The average Bonchev–Trinajstić information content (AvgIpc) is 2.97. The van der Waals surface area contributed by atoms with Gasteiger partial charge in [0.2, 0.25) is 0 Å². The van der Waals surface area contributed by atoms with Crippen molar-refractivity contribution in [1.29, 1.82) is 0 Å². The predicted molar refractivity (Wildman–Crippen MR) is 85.8 cm³/mol. The molecule has 0 aliphatic rings. The van der Waals surface area contributed by atoms with Crippen LogP contribution < -0.4 is 5.32 Å². The van der Waals surface area contributed by atoms with E-state index in [2.05, 4.69) is 58.7 Å². The summed E-state index contributed by atoms with van der Waals surface area (Å²) in [4.78, 5) is 4.36. The molecule has 98 valence electrons. The summed E-state index contributed by atoms with van der Waals surface area (Å²) in [6.45, 7) is 5.40. The average molecular weight is 344 g/mol. The van der Waals surface area contributed by atoms with E-state index in [1.165, 1.54) is 19.1 Å². The van der Waals surface area contributed by atoms with Gasteiger partial charge in [0.05, 0.1) is 0 Å². The maximum absolute atomic E-state index is 3.60. The van der Waals surface area contributed by atoms with Gasteiger partial charge >= 0.3 is 0 Å². The third kappa shape index (κ3) is 3.67. The van der Waals surface area contributed by atoms with Crippen molar-refractivity contribution in [3.63, 3.8) is 0 Å². The molecule has 0 saturated heterocycles. The minimum absolute atomic E-state index is 0.450. The largest absolute Gasteiger partial charge is 0.309 e. The van der Waals surface area contributed by atoms with E-state index in [9.17, 15) is 0 Å². The van der Waals surface area contributed by atoms with Gasteiger partial charge < -0.3 is 5.32 Å². The van der Waals surface area contributed by atoms with Gasteiger partial charge in [0.1, 0.15) is 0 Å². The van der Waals surface area contributed by atoms with Crippen LogP contribution in [0.15, 0.2) is 28.1 Å². The van der Waals surface area contributed by atoms with Gasteiger partial charge in [-0.1, -0.05) is 13.8 Å². The van der Waals surface area contributed by atoms with Gasteiger partial charge in [-0.25, -0.2) is 0 Å². The highest BCUT2D eigenvalue weighted by Gasteiger charge is 2.14. The summed E-state index contributed by atoms with van der Waals surface area (Å²) < 4.78 is 1.19. The minimum Gasteiger partial charge on any atom is -0.309 e. The van der Waals surface area contributed by atoms with Gasteiger partial charge in [-0.05, 0) is 47.1 Å². The Morgan fingerprint density at radius 3 is 2.67 bits per heavy atom. The second kappa shape index (κ2) is 6.85. The third-order valence-corrected chi connectivity index (χ3v) is 5.92. The lowest BCUT2D eigenvalue weighted by atomic mass is 10.1. The number of hydrogen-bond donors (Lipinski definition) is 1. The normalized spacial score (nSPS) is 12.8. The molecule has 0 bridgehead atoms. The van der Waals surface area contributed by atoms with Gasteiger partial charge in [0.25, 0.3) is 0 Å². The fraction of sp³-hybridized carbons (Fsp3) is 0.429. The summed E-state index contributed by atoms with van der Waals surface area (Å²) >= 11 is 7.29. The molecule has 2 heterocycles. The first-order valence-corrected chi connectivity index (χ1v) is 8.76. The molecule has 1 unspecified atom stereocenters. The first-order chi connectivity index (χ1) is 8.72. The summed E-state index contributed by atoms with van der Waals surface area (Å²) in [6, 6.07) is 7.21. The number of rotatable bonds is 6. The van der Waals surface area contributed by atoms with E-state index in [-0.39, 0.29) is 0 Å². The summed E-state index contributed by atoms with van der Waals surface area (Å²) in [5, 5.41) is 5.75. The topological polar surface area (TPSA) is 12.0 Å². The molecule has 18 heavy (non-hydrogen) atoms. The third-order valence-electron chi connectivity index (χ3n) is 2.85. The van der Waals surface area contributed by atoms with Gasteiger partial charge in [-0.2, -0.15) is 0 Å². The smallest absolute Gasteiger partial charge is 0.0463 e. The lowest BCUT2D eigenvalue weighted by Crippen LogP contribution is -2.21. The standard InChI is InChI=1S/C14H18BrNS2/c1-3-11-5-6-14(18-11)13(16-4-2)8-12-7-10(15)9-17-12/h5-7,9,13,16H,3-4,8H2,1-2H3. The Bertz CT molecular complexity index is 489. The lowest BCUT2D eigenvalue weighted by Gasteiger charge is -2.15. The number of thiophene rings is 2. The Balaban J connectivity index is 2.12. The Kier molecular flexibility index (Phi) is 5.42. The van der Waals surface area contributed by atoms with E-state index >= 15 is 0 Å². The van der Waals surface area contributed by atoms with Crippen molar-refractivity contribution in [2.45, 2.75) is 32.7 Å². The minimum atomic E-state index is 0.450. The lowest BCUT2D eigenvalue weighted by molar-refractivity contribution is 0.562. The van der Waals surface area contributed by atoms with Crippen LogP contribution in [-0.2, 0) is 12.8 Å². The molecule has 2 rings (SSSR count). The highest BCUT2D eigenvalue weighted by atomic mass is 79.9. The molecule has 2 aromatic rings. The molecule has 0 radical (unpaired) electrons. The molecule has 2 aromatic heterocycles. The number of aryl methyl sites for hydroxylation is 1. The number of likely N-dealkylation sites (N-methyl/N-ethyl adjacent to an activating group) is 1. The number of hydrogen-bond acceptors (Lipinski definition) is 3. The molecule has 1 atom stereocenters. The summed E-state index contributed by atoms with van der Waals surface area (Å²) in [5.74, 6) is 0. The molecule has 0 saturated carbocycles. The van der Waals surface area contributed by atoms with Crippen molar-refractivity contribution in [3.8, 4) is 0 Å². The van der Waals surface area contributed by atoms with Crippen LogP contribution in [-0.4, -0.2) is 6.54 Å². The van der Waals surface area contributed by atoms with Crippen LogP contribution in [0.1, 0.15) is 34.5 Å². The second-order valence-corrected chi connectivity index (χ2v) is 7.31. The molecule has 0 aliphatic carbocycles. The van der Waals surface area contributed by atoms with Crippen molar-refractivity contribution in [1.82, 2.24) is 5.32 Å². The SMILES string of the molecule is CCNC(Cc1cc(Br)cs1)c1ccc(CC)s1. The van der Waals surface area contributed by atoms with E-state index in [1.54, 1.807) is 0 Å². The molecule has 1 N–H and O–H groups in total. The van der Waals surface area contributed by atoms with Gasteiger partial charge in [0.15, 0.2) is 0 Å². The monoisotopic (exact) mass is 343 g/mol. The maximum atomic E-state index is 3.60. The molecule has 0 spiro atoms. The Hall–Kier alpha value is -0.160. The fourth-order valence-electron chi connectivity index (χ4n) is 1.95. The molecular weight excluding hydrogens is 326 g/mol. The maximum Gasteiger partial charge on any atom is 0.0463 e. The zero-order valence-corrected chi connectivity index (χ0v) is 13.9. The van der Waals surface area contributed by atoms with E-state index in [0.29, 0.717) is 6.04 Å². The summed E-state index contributed by atoms with van der Waals surface area (Å²) in [5.41, 5.74) is 0. The first-order valence-electron chi connectivity index (χ1n) is 6.27. The van der Waals surface area contributed by atoms with Gasteiger partial charge in [-0.3, -0.25) is 0 Å². The van der Waals surface area contributed by atoms with Crippen molar-refractivity contribution in [2.24, 2.45) is 0 Å². The molecule has 0 fully saturated rings.